The van der Waals surface area contributed by atoms with Crippen LogP contribution in [0.25, 0.3) is 16.3 Å². The third-order valence-electron chi connectivity index (χ3n) is 4.61. The fourth-order valence-electron chi connectivity index (χ4n) is 2.92. The molecule has 1 heterocycles. The molecule has 0 N–H and O–H groups in total. The number of likely N-dealkylation sites (N-methyl/N-ethyl adjacent to an activating group) is 1. The highest BCUT2D eigenvalue weighted by atomic mass is 32.1. The molecule has 0 radical (unpaired) electrons. The van der Waals surface area contributed by atoms with Crippen LogP contribution in [0.3, 0.4) is 0 Å². The summed E-state index contributed by atoms with van der Waals surface area (Å²) in [7, 11) is 0. The highest BCUT2D eigenvalue weighted by Gasteiger charge is 2.19. The van der Waals surface area contributed by atoms with Crippen LogP contribution in [0.5, 0.6) is 0 Å². The van der Waals surface area contributed by atoms with Crippen molar-refractivity contribution in [3.05, 3.63) is 66.0 Å². The minimum absolute atomic E-state index is 0.157. The summed E-state index contributed by atoms with van der Waals surface area (Å²) in [4.78, 5) is 21.3. The van der Waals surface area contributed by atoms with E-state index in [4.69, 9.17) is 0 Å². The van der Waals surface area contributed by atoms with Gasteiger partial charge in [-0.3, -0.25) is 9.69 Å². The van der Waals surface area contributed by atoms with E-state index in [-0.39, 0.29) is 11.7 Å². The summed E-state index contributed by atoms with van der Waals surface area (Å²) < 4.78 is 14.8. The van der Waals surface area contributed by atoms with Crippen LogP contribution in [0.2, 0.25) is 0 Å². The van der Waals surface area contributed by atoms with Gasteiger partial charge in [0.25, 0.3) is 5.91 Å². The fraction of sp³-hybridized carbons (Fsp3) is 0.273. The van der Waals surface area contributed by atoms with Gasteiger partial charge in [-0.15, -0.1) is 0 Å². The second-order valence-corrected chi connectivity index (χ2v) is 7.35. The standard InChI is InChI=1S/C22H24FN3OS/c1-3-25(4-2)15-16-26(20(27)14-13-17-9-6-5-7-10-17)22-24-21-18(23)11-8-12-19(21)28-22/h5-14H,3-4,15-16H2,1-2H3. The van der Waals surface area contributed by atoms with E-state index in [1.807, 2.05) is 36.4 Å². The maximum atomic E-state index is 14.1. The normalized spacial score (nSPS) is 11.6. The SMILES string of the molecule is CCN(CC)CCN(C(=O)C=Cc1ccccc1)c1nc2c(F)cccc2s1. The molecule has 0 saturated carbocycles. The van der Waals surface area contributed by atoms with Crippen LogP contribution < -0.4 is 4.90 Å². The Bertz CT molecular complexity index is 951. The van der Waals surface area contributed by atoms with Crippen molar-refractivity contribution in [3.63, 3.8) is 0 Å². The number of anilines is 1. The monoisotopic (exact) mass is 397 g/mol. The van der Waals surface area contributed by atoms with Gasteiger partial charge < -0.3 is 4.90 Å². The van der Waals surface area contributed by atoms with Crippen molar-refractivity contribution in [2.75, 3.05) is 31.1 Å². The number of carbonyl (C=O) groups excluding carboxylic acids is 1. The number of hydrogen-bond acceptors (Lipinski definition) is 4. The second kappa shape index (κ2) is 9.57. The maximum absolute atomic E-state index is 14.1. The van der Waals surface area contributed by atoms with Gasteiger partial charge in [0.1, 0.15) is 11.3 Å². The summed E-state index contributed by atoms with van der Waals surface area (Å²) in [5.41, 5.74) is 1.27. The van der Waals surface area contributed by atoms with Crippen LogP contribution in [0.15, 0.2) is 54.6 Å². The number of thiazole rings is 1. The van der Waals surface area contributed by atoms with Crippen molar-refractivity contribution in [2.24, 2.45) is 0 Å². The number of halogens is 1. The number of aromatic nitrogens is 1. The van der Waals surface area contributed by atoms with Crippen molar-refractivity contribution in [1.82, 2.24) is 9.88 Å². The van der Waals surface area contributed by atoms with E-state index in [1.54, 1.807) is 23.1 Å². The lowest BCUT2D eigenvalue weighted by atomic mass is 10.2. The van der Waals surface area contributed by atoms with Gasteiger partial charge in [0.2, 0.25) is 0 Å². The van der Waals surface area contributed by atoms with Gasteiger partial charge in [0.05, 0.1) is 4.70 Å². The topological polar surface area (TPSA) is 36.4 Å². The molecule has 28 heavy (non-hydrogen) atoms. The Labute approximate surface area is 168 Å². The van der Waals surface area contributed by atoms with Gasteiger partial charge in [-0.25, -0.2) is 9.37 Å². The van der Waals surface area contributed by atoms with E-state index in [9.17, 15) is 9.18 Å². The molecule has 0 saturated heterocycles. The number of rotatable bonds is 8. The molecule has 0 bridgehead atoms. The molecular formula is C22H24FN3OS. The number of para-hydroxylation sites is 1. The number of hydrogen-bond donors (Lipinski definition) is 0. The van der Waals surface area contributed by atoms with E-state index in [0.717, 1.165) is 29.9 Å². The first-order valence-corrected chi connectivity index (χ1v) is 10.3. The molecule has 0 spiro atoms. The molecule has 0 atom stereocenters. The molecule has 4 nitrogen and oxygen atoms in total. The Hall–Kier alpha value is -2.57. The molecule has 1 amide bonds. The van der Waals surface area contributed by atoms with E-state index >= 15 is 0 Å². The number of amides is 1. The number of nitrogens with zero attached hydrogens (tertiary/aromatic N) is 3. The van der Waals surface area contributed by atoms with E-state index in [1.165, 1.54) is 17.4 Å². The van der Waals surface area contributed by atoms with Crippen LogP contribution in [0, 0.1) is 5.82 Å². The van der Waals surface area contributed by atoms with Crippen molar-refractivity contribution in [2.45, 2.75) is 13.8 Å². The molecule has 0 unspecified atom stereocenters. The molecule has 0 aliphatic rings. The van der Waals surface area contributed by atoms with Gasteiger partial charge in [0, 0.05) is 19.2 Å². The second-order valence-electron chi connectivity index (χ2n) is 6.34. The molecular weight excluding hydrogens is 373 g/mol. The first kappa shape index (κ1) is 20.2. The van der Waals surface area contributed by atoms with Gasteiger partial charge in [-0.2, -0.15) is 0 Å². The van der Waals surface area contributed by atoms with Crippen LogP contribution >= 0.6 is 11.3 Å². The van der Waals surface area contributed by atoms with E-state index in [0.29, 0.717) is 17.2 Å². The molecule has 1 aromatic heterocycles. The fourth-order valence-corrected chi connectivity index (χ4v) is 3.93. The van der Waals surface area contributed by atoms with Gasteiger partial charge in [-0.05, 0) is 36.9 Å². The zero-order valence-electron chi connectivity index (χ0n) is 16.1. The first-order chi connectivity index (χ1) is 13.6. The Morgan fingerprint density at radius 3 is 2.50 bits per heavy atom. The molecule has 6 heteroatoms. The van der Waals surface area contributed by atoms with Crippen molar-refractivity contribution < 1.29 is 9.18 Å². The number of benzene rings is 2. The van der Waals surface area contributed by atoms with E-state index in [2.05, 4.69) is 23.7 Å². The average Bonchev–Trinajstić information content (AvgIpc) is 3.15. The van der Waals surface area contributed by atoms with E-state index < -0.39 is 0 Å². The van der Waals surface area contributed by atoms with Crippen molar-refractivity contribution >= 4 is 38.7 Å². The predicted octanol–water partition coefficient (Wildman–Crippen LogP) is 4.82. The summed E-state index contributed by atoms with van der Waals surface area (Å²) in [6.07, 6.45) is 3.35. The van der Waals surface area contributed by atoms with Crippen LogP contribution in [0.1, 0.15) is 19.4 Å². The Kier molecular flexibility index (Phi) is 6.90. The molecule has 3 rings (SSSR count). The zero-order valence-corrected chi connectivity index (χ0v) is 17.0. The lowest BCUT2D eigenvalue weighted by Crippen LogP contribution is -2.38. The van der Waals surface area contributed by atoms with Crippen LogP contribution in [0.4, 0.5) is 9.52 Å². The first-order valence-electron chi connectivity index (χ1n) is 9.44. The quantitative estimate of drug-likeness (QED) is 0.511. The molecule has 2 aromatic carbocycles. The number of carbonyl (C=O) groups is 1. The zero-order chi connectivity index (χ0) is 19.9. The summed E-state index contributed by atoms with van der Waals surface area (Å²) in [5.74, 6) is -0.522. The van der Waals surface area contributed by atoms with Crippen LogP contribution in [-0.2, 0) is 4.79 Å². The average molecular weight is 398 g/mol. The smallest absolute Gasteiger partial charge is 0.252 e. The number of fused-ring (bicyclic) bond motifs is 1. The Morgan fingerprint density at radius 2 is 1.82 bits per heavy atom. The van der Waals surface area contributed by atoms with Gasteiger partial charge >= 0.3 is 0 Å². The molecule has 3 aromatic rings. The lowest BCUT2D eigenvalue weighted by Gasteiger charge is -2.23. The summed E-state index contributed by atoms with van der Waals surface area (Å²) in [6.45, 7) is 7.24. The largest absolute Gasteiger partial charge is 0.302 e. The Morgan fingerprint density at radius 1 is 1.07 bits per heavy atom. The minimum Gasteiger partial charge on any atom is -0.302 e. The maximum Gasteiger partial charge on any atom is 0.252 e. The van der Waals surface area contributed by atoms with Gasteiger partial charge in [-0.1, -0.05) is 61.6 Å². The third kappa shape index (κ3) is 4.82. The Balaban J connectivity index is 1.88. The predicted molar refractivity (Wildman–Crippen MR) is 115 cm³/mol. The molecule has 0 aliphatic heterocycles. The third-order valence-corrected chi connectivity index (χ3v) is 5.65. The molecule has 0 aliphatic carbocycles. The summed E-state index contributed by atoms with van der Waals surface area (Å²) in [6, 6.07) is 14.6. The summed E-state index contributed by atoms with van der Waals surface area (Å²) in [5, 5.41) is 0.523. The van der Waals surface area contributed by atoms with Crippen molar-refractivity contribution in [3.8, 4) is 0 Å². The summed E-state index contributed by atoms with van der Waals surface area (Å²) >= 11 is 1.34. The molecule has 146 valence electrons. The highest BCUT2D eigenvalue weighted by molar-refractivity contribution is 7.22. The van der Waals surface area contributed by atoms with Gasteiger partial charge in [0.15, 0.2) is 5.13 Å². The van der Waals surface area contributed by atoms with Crippen LogP contribution in [-0.4, -0.2) is 42.0 Å². The highest BCUT2D eigenvalue weighted by Crippen LogP contribution is 2.30. The minimum atomic E-state index is -0.365. The lowest BCUT2D eigenvalue weighted by molar-refractivity contribution is -0.114. The van der Waals surface area contributed by atoms with Crippen molar-refractivity contribution in [1.29, 1.82) is 0 Å². The molecule has 0 fully saturated rings.